The van der Waals surface area contributed by atoms with E-state index >= 15 is 0 Å². The summed E-state index contributed by atoms with van der Waals surface area (Å²) in [6, 6.07) is -1.41. The fourth-order valence-corrected chi connectivity index (χ4v) is 0.592. The Morgan fingerprint density at radius 3 is 2.23 bits per heavy atom. The lowest BCUT2D eigenvalue weighted by Gasteiger charge is -2.12. The number of rotatable bonds is 5. The number of ketones is 1. The molecule has 0 radical (unpaired) electrons. The molecule has 0 heterocycles. The molecule has 7 N–H and O–H groups in total. The highest BCUT2D eigenvalue weighted by atomic mass is 16.2. The summed E-state index contributed by atoms with van der Waals surface area (Å²) in [6.45, 7) is 1.53. The molecule has 0 fully saturated rings. The molecule has 6 nitrogen and oxygen atoms in total. The third-order valence-electron chi connectivity index (χ3n) is 1.61. The van der Waals surface area contributed by atoms with Gasteiger partial charge in [-0.1, -0.05) is 0 Å². The number of hydrogen-bond donors (Lipinski definition) is 4. The summed E-state index contributed by atoms with van der Waals surface area (Å²) < 4.78 is 0. The van der Waals surface area contributed by atoms with Crippen LogP contribution in [0.15, 0.2) is 0 Å². The minimum Gasteiger partial charge on any atom is -0.353 e. The van der Waals surface area contributed by atoms with Gasteiger partial charge in [-0.15, -0.1) is 0 Å². The van der Waals surface area contributed by atoms with Crippen LogP contribution in [-0.2, 0) is 9.59 Å². The third kappa shape index (κ3) is 4.56. The van der Waals surface area contributed by atoms with E-state index in [1.54, 1.807) is 0 Å². The Kier molecular flexibility index (Phi) is 5.20. The van der Waals surface area contributed by atoms with E-state index in [0.29, 0.717) is 0 Å². The van der Waals surface area contributed by atoms with E-state index in [9.17, 15) is 9.59 Å². The van der Waals surface area contributed by atoms with Crippen molar-refractivity contribution >= 4 is 11.7 Å². The van der Waals surface area contributed by atoms with Crippen LogP contribution in [0.5, 0.6) is 0 Å². The van der Waals surface area contributed by atoms with E-state index in [0.717, 1.165) is 0 Å². The molecule has 0 saturated heterocycles. The first-order chi connectivity index (χ1) is 5.99. The zero-order valence-corrected chi connectivity index (χ0v) is 7.62. The Morgan fingerprint density at radius 2 is 1.85 bits per heavy atom. The van der Waals surface area contributed by atoms with Gasteiger partial charge >= 0.3 is 0 Å². The minimum atomic E-state index is -0.737. The molecule has 0 aliphatic carbocycles. The van der Waals surface area contributed by atoms with Gasteiger partial charge in [-0.2, -0.15) is 0 Å². The summed E-state index contributed by atoms with van der Waals surface area (Å²) in [4.78, 5) is 21.7. The van der Waals surface area contributed by atoms with Crippen LogP contribution >= 0.6 is 0 Å². The van der Waals surface area contributed by atoms with Crippen LogP contribution in [0.3, 0.4) is 0 Å². The minimum absolute atomic E-state index is 0.0706. The van der Waals surface area contributed by atoms with Gasteiger partial charge < -0.3 is 22.5 Å². The first-order valence-electron chi connectivity index (χ1n) is 3.98. The number of nitrogens with two attached hydrogens (primary N) is 3. The van der Waals surface area contributed by atoms with Crippen LogP contribution < -0.4 is 22.5 Å². The normalized spacial score (nSPS) is 14.8. The van der Waals surface area contributed by atoms with E-state index in [1.807, 2.05) is 0 Å². The van der Waals surface area contributed by atoms with Crippen LogP contribution in [0.25, 0.3) is 0 Å². The van der Waals surface area contributed by atoms with E-state index in [4.69, 9.17) is 17.2 Å². The number of amides is 1. The van der Waals surface area contributed by atoms with Crippen LogP contribution in [0.2, 0.25) is 0 Å². The van der Waals surface area contributed by atoms with Crippen LogP contribution in [-0.4, -0.2) is 36.9 Å². The maximum absolute atomic E-state index is 11.0. The van der Waals surface area contributed by atoms with Gasteiger partial charge in [0, 0.05) is 13.1 Å². The summed E-state index contributed by atoms with van der Waals surface area (Å²) >= 11 is 0. The monoisotopic (exact) mass is 188 g/mol. The Balaban J connectivity index is 3.76. The second-order valence-electron chi connectivity index (χ2n) is 2.80. The molecular formula is C7H16N4O2. The summed E-state index contributed by atoms with van der Waals surface area (Å²) in [6.07, 6.45) is 0. The van der Waals surface area contributed by atoms with Gasteiger partial charge in [-0.05, 0) is 6.92 Å². The molecule has 0 aliphatic rings. The molecule has 0 rings (SSSR count). The van der Waals surface area contributed by atoms with Crippen molar-refractivity contribution in [1.29, 1.82) is 0 Å². The Hall–Kier alpha value is -0.980. The van der Waals surface area contributed by atoms with Crippen LogP contribution in [0.4, 0.5) is 0 Å². The molecule has 0 aromatic rings. The number of carbonyl (C=O) groups excluding carboxylic acids is 2. The van der Waals surface area contributed by atoms with Crippen molar-refractivity contribution in [2.75, 3.05) is 13.1 Å². The highest BCUT2D eigenvalue weighted by molar-refractivity contribution is 5.84. The summed E-state index contributed by atoms with van der Waals surface area (Å²) in [5.74, 6) is -0.569. The lowest BCUT2D eigenvalue weighted by molar-refractivity contribution is -0.122. The molecule has 1 amide bonds. The molecule has 0 bridgehead atoms. The number of nitrogens with one attached hydrogen (secondary N) is 1. The predicted molar refractivity (Wildman–Crippen MR) is 48.7 cm³/mol. The lowest BCUT2D eigenvalue weighted by Crippen LogP contribution is -2.49. The quantitative estimate of drug-likeness (QED) is 0.374. The van der Waals surface area contributed by atoms with E-state index in [2.05, 4.69) is 5.32 Å². The van der Waals surface area contributed by atoms with Gasteiger partial charge in [-0.25, -0.2) is 0 Å². The second-order valence-corrected chi connectivity index (χ2v) is 2.80. The standard InChI is InChI=1S/C7H16N4O2/c1-4(12)6(10)3-11-7(13)5(9)2-8/h5-6H,2-3,8-10H2,1H3,(H,11,13). The topological polar surface area (TPSA) is 124 Å². The first-order valence-corrected chi connectivity index (χ1v) is 3.98. The molecule has 6 heteroatoms. The molecule has 2 unspecified atom stereocenters. The molecular weight excluding hydrogens is 172 g/mol. The molecule has 2 atom stereocenters. The zero-order chi connectivity index (χ0) is 10.4. The number of carbonyl (C=O) groups is 2. The van der Waals surface area contributed by atoms with Crippen molar-refractivity contribution < 1.29 is 9.59 Å². The van der Waals surface area contributed by atoms with Crippen molar-refractivity contribution in [1.82, 2.24) is 5.32 Å². The second kappa shape index (κ2) is 5.63. The summed E-state index contributed by atoms with van der Waals surface area (Å²) in [5, 5.41) is 2.42. The number of Topliss-reactive ketones (excluding diaryl/α,β-unsaturated/α-hetero) is 1. The Morgan fingerprint density at radius 1 is 1.31 bits per heavy atom. The maximum Gasteiger partial charge on any atom is 0.238 e. The Labute approximate surface area is 76.8 Å². The van der Waals surface area contributed by atoms with Crippen molar-refractivity contribution in [2.24, 2.45) is 17.2 Å². The molecule has 0 aliphatic heterocycles. The molecule has 0 spiro atoms. The zero-order valence-electron chi connectivity index (χ0n) is 7.62. The van der Waals surface area contributed by atoms with Crippen LogP contribution in [0, 0.1) is 0 Å². The van der Waals surface area contributed by atoms with E-state index in [-0.39, 0.29) is 24.8 Å². The number of hydrogen-bond acceptors (Lipinski definition) is 5. The average Bonchev–Trinajstić information content (AvgIpc) is 2.11. The van der Waals surface area contributed by atoms with Crippen molar-refractivity contribution in [3.63, 3.8) is 0 Å². The highest BCUT2D eigenvalue weighted by Gasteiger charge is 2.13. The van der Waals surface area contributed by atoms with Crippen molar-refractivity contribution in [3.05, 3.63) is 0 Å². The molecule has 0 aromatic carbocycles. The van der Waals surface area contributed by atoms with Crippen molar-refractivity contribution in [2.45, 2.75) is 19.0 Å². The van der Waals surface area contributed by atoms with E-state index in [1.165, 1.54) is 6.92 Å². The summed E-state index contributed by atoms with van der Waals surface area (Å²) in [5.41, 5.74) is 15.8. The van der Waals surface area contributed by atoms with Gasteiger partial charge in [0.15, 0.2) is 0 Å². The third-order valence-corrected chi connectivity index (χ3v) is 1.61. The highest BCUT2D eigenvalue weighted by Crippen LogP contribution is 1.80. The van der Waals surface area contributed by atoms with Gasteiger partial charge in [-0.3, -0.25) is 9.59 Å². The van der Waals surface area contributed by atoms with Gasteiger partial charge in [0.25, 0.3) is 0 Å². The summed E-state index contributed by atoms with van der Waals surface area (Å²) in [7, 11) is 0. The van der Waals surface area contributed by atoms with Gasteiger partial charge in [0.2, 0.25) is 5.91 Å². The lowest BCUT2D eigenvalue weighted by atomic mass is 10.2. The van der Waals surface area contributed by atoms with Gasteiger partial charge in [0.05, 0.1) is 12.1 Å². The maximum atomic E-state index is 11.0. The molecule has 0 aromatic heterocycles. The average molecular weight is 188 g/mol. The molecule has 0 saturated carbocycles. The first kappa shape index (κ1) is 12.0. The largest absolute Gasteiger partial charge is 0.353 e. The smallest absolute Gasteiger partial charge is 0.238 e. The van der Waals surface area contributed by atoms with Crippen molar-refractivity contribution in [3.8, 4) is 0 Å². The fourth-order valence-electron chi connectivity index (χ4n) is 0.592. The van der Waals surface area contributed by atoms with Crippen LogP contribution in [0.1, 0.15) is 6.92 Å². The SMILES string of the molecule is CC(=O)C(N)CNC(=O)C(N)CN. The molecule has 76 valence electrons. The fraction of sp³-hybridized carbons (Fsp3) is 0.714. The molecule has 13 heavy (non-hydrogen) atoms. The predicted octanol–water partition coefficient (Wildman–Crippen LogP) is -2.70. The van der Waals surface area contributed by atoms with Gasteiger partial charge in [0.1, 0.15) is 5.78 Å². The van der Waals surface area contributed by atoms with E-state index < -0.39 is 12.1 Å². The Bertz CT molecular complexity index is 195.